The van der Waals surface area contributed by atoms with Gasteiger partial charge in [0, 0.05) is 12.2 Å². The number of aromatic carboxylic acids is 1. The second-order valence-corrected chi connectivity index (χ2v) is 4.09. The standard InChI is InChI=1S/C14H20O4/c1-3-4-5-8-18-10-12-9-11(14(15)16)6-7-13(12)17-2/h6-7,9H,3-5,8,10H2,1-2H3,(H,15,16). The maximum atomic E-state index is 10.9. The SMILES string of the molecule is CCCCCOCc1cc(C(=O)O)ccc1OC. The van der Waals surface area contributed by atoms with E-state index in [9.17, 15) is 4.79 Å². The molecule has 0 aliphatic rings. The lowest BCUT2D eigenvalue weighted by molar-refractivity contribution is 0.0696. The van der Waals surface area contributed by atoms with Gasteiger partial charge in [0.1, 0.15) is 5.75 Å². The molecule has 1 rings (SSSR count). The van der Waals surface area contributed by atoms with Crippen molar-refractivity contribution in [2.45, 2.75) is 32.8 Å². The first-order valence-electron chi connectivity index (χ1n) is 6.17. The van der Waals surface area contributed by atoms with Gasteiger partial charge in [0.2, 0.25) is 0 Å². The van der Waals surface area contributed by atoms with Crippen molar-refractivity contribution in [2.75, 3.05) is 13.7 Å². The van der Waals surface area contributed by atoms with Gasteiger partial charge in [-0.3, -0.25) is 0 Å². The van der Waals surface area contributed by atoms with E-state index in [-0.39, 0.29) is 5.56 Å². The van der Waals surface area contributed by atoms with Gasteiger partial charge in [-0.25, -0.2) is 4.79 Å². The van der Waals surface area contributed by atoms with Crippen LogP contribution in [0.5, 0.6) is 5.75 Å². The van der Waals surface area contributed by atoms with E-state index < -0.39 is 5.97 Å². The van der Waals surface area contributed by atoms with E-state index in [1.54, 1.807) is 19.2 Å². The molecule has 0 amide bonds. The van der Waals surface area contributed by atoms with Crippen LogP contribution in [0.3, 0.4) is 0 Å². The highest BCUT2D eigenvalue weighted by Crippen LogP contribution is 2.21. The van der Waals surface area contributed by atoms with Crippen LogP contribution in [-0.2, 0) is 11.3 Å². The molecule has 1 N–H and O–H groups in total. The molecule has 0 spiro atoms. The summed E-state index contributed by atoms with van der Waals surface area (Å²) in [6.07, 6.45) is 3.32. The lowest BCUT2D eigenvalue weighted by Crippen LogP contribution is -2.02. The highest BCUT2D eigenvalue weighted by atomic mass is 16.5. The number of unbranched alkanes of at least 4 members (excludes halogenated alkanes) is 2. The minimum absolute atomic E-state index is 0.253. The van der Waals surface area contributed by atoms with E-state index in [0.29, 0.717) is 19.0 Å². The molecule has 0 heterocycles. The summed E-state index contributed by atoms with van der Waals surface area (Å²) in [4.78, 5) is 10.9. The van der Waals surface area contributed by atoms with Crippen LogP contribution in [0.15, 0.2) is 18.2 Å². The number of carboxylic acids is 1. The number of carboxylic acid groups (broad SMARTS) is 1. The molecule has 1 aromatic carbocycles. The van der Waals surface area contributed by atoms with Gasteiger partial charge < -0.3 is 14.6 Å². The number of carbonyl (C=O) groups is 1. The Morgan fingerprint density at radius 3 is 2.72 bits per heavy atom. The minimum Gasteiger partial charge on any atom is -0.496 e. The van der Waals surface area contributed by atoms with Gasteiger partial charge >= 0.3 is 5.97 Å². The van der Waals surface area contributed by atoms with Gasteiger partial charge in [-0.05, 0) is 24.6 Å². The first-order chi connectivity index (χ1) is 8.69. The molecule has 0 radical (unpaired) electrons. The van der Waals surface area contributed by atoms with Crippen molar-refractivity contribution in [1.29, 1.82) is 0 Å². The predicted molar refractivity (Wildman–Crippen MR) is 69.1 cm³/mol. The van der Waals surface area contributed by atoms with E-state index in [0.717, 1.165) is 24.8 Å². The predicted octanol–water partition coefficient (Wildman–Crippen LogP) is 3.10. The van der Waals surface area contributed by atoms with Gasteiger partial charge in [-0.15, -0.1) is 0 Å². The highest BCUT2D eigenvalue weighted by molar-refractivity contribution is 5.88. The van der Waals surface area contributed by atoms with E-state index in [1.165, 1.54) is 6.07 Å². The third kappa shape index (κ3) is 4.37. The molecule has 0 saturated heterocycles. The zero-order valence-corrected chi connectivity index (χ0v) is 10.9. The Morgan fingerprint density at radius 2 is 2.11 bits per heavy atom. The number of methoxy groups -OCH3 is 1. The molecule has 0 atom stereocenters. The molecule has 0 aromatic heterocycles. The Labute approximate surface area is 108 Å². The van der Waals surface area contributed by atoms with Gasteiger partial charge in [-0.1, -0.05) is 19.8 Å². The van der Waals surface area contributed by atoms with Gasteiger partial charge in [0.05, 0.1) is 19.3 Å². The van der Waals surface area contributed by atoms with Crippen LogP contribution in [0, 0.1) is 0 Å². The smallest absolute Gasteiger partial charge is 0.335 e. The maximum absolute atomic E-state index is 10.9. The summed E-state index contributed by atoms with van der Waals surface area (Å²) in [5.74, 6) is -0.277. The Hall–Kier alpha value is -1.55. The fourth-order valence-electron chi connectivity index (χ4n) is 1.66. The Balaban J connectivity index is 2.61. The summed E-state index contributed by atoms with van der Waals surface area (Å²) >= 11 is 0. The molecule has 0 saturated carbocycles. The minimum atomic E-state index is -0.940. The second-order valence-electron chi connectivity index (χ2n) is 4.09. The molecule has 18 heavy (non-hydrogen) atoms. The fraction of sp³-hybridized carbons (Fsp3) is 0.500. The van der Waals surface area contributed by atoms with Gasteiger partial charge in [0.25, 0.3) is 0 Å². The maximum Gasteiger partial charge on any atom is 0.335 e. The molecule has 0 unspecified atom stereocenters. The lowest BCUT2D eigenvalue weighted by Gasteiger charge is -2.10. The molecule has 0 aliphatic carbocycles. The monoisotopic (exact) mass is 252 g/mol. The quantitative estimate of drug-likeness (QED) is 0.722. The fourth-order valence-corrected chi connectivity index (χ4v) is 1.66. The van der Waals surface area contributed by atoms with Crippen molar-refractivity contribution in [3.05, 3.63) is 29.3 Å². The first kappa shape index (κ1) is 14.5. The molecule has 4 nitrogen and oxygen atoms in total. The molecule has 0 aliphatic heterocycles. The lowest BCUT2D eigenvalue weighted by atomic mass is 10.1. The average molecular weight is 252 g/mol. The third-order valence-corrected chi connectivity index (χ3v) is 2.68. The van der Waals surface area contributed by atoms with E-state index in [1.807, 2.05) is 0 Å². The summed E-state index contributed by atoms with van der Waals surface area (Å²) in [5, 5.41) is 8.93. The molecule has 0 bridgehead atoms. The summed E-state index contributed by atoms with van der Waals surface area (Å²) in [6, 6.07) is 4.79. The summed E-state index contributed by atoms with van der Waals surface area (Å²) in [5.41, 5.74) is 1.02. The van der Waals surface area contributed by atoms with Crippen molar-refractivity contribution in [2.24, 2.45) is 0 Å². The molecule has 1 aromatic rings. The van der Waals surface area contributed by atoms with Crippen LogP contribution in [0.25, 0.3) is 0 Å². The van der Waals surface area contributed by atoms with Gasteiger partial charge in [0.15, 0.2) is 0 Å². The van der Waals surface area contributed by atoms with Crippen molar-refractivity contribution >= 4 is 5.97 Å². The number of benzene rings is 1. The number of hydrogen-bond acceptors (Lipinski definition) is 3. The molecule has 0 fully saturated rings. The van der Waals surface area contributed by atoms with E-state index in [4.69, 9.17) is 14.6 Å². The zero-order chi connectivity index (χ0) is 13.4. The number of ether oxygens (including phenoxy) is 2. The average Bonchev–Trinajstić information content (AvgIpc) is 2.38. The van der Waals surface area contributed by atoms with Crippen LogP contribution in [0.4, 0.5) is 0 Å². The molecular weight excluding hydrogens is 232 g/mol. The van der Waals surface area contributed by atoms with Crippen LogP contribution >= 0.6 is 0 Å². The Kier molecular flexibility index (Phi) is 6.22. The highest BCUT2D eigenvalue weighted by Gasteiger charge is 2.08. The Morgan fingerprint density at radius 1 is 1.33 bits per heavy atom. The molecular formula is C14H20O4. The third-order valence-electron chi connectivity index (χ3n) is 2.68. The van der Waals surface area contributed by atoms with Crippen LogP contribution in [0.2, 0.25) is 0 Å². The van der Waals surface area contributed by atoms with Crippen molar-refractivity contribution in [1.82, 2.24) is 0 Å². The topological polar surface area (TPSA) is 55.8 Å². The molecule has 100 valence electrons. The van der Waals surface area contributed by atoms with E-state index in [2.05, 4.69) is 6.92 Å². The molecule has 4 heteroatoms. The van der Waals surface area contributed by atoms with Crippen LogP contribution in [0.1, 0.15) is 42.1 Å². The normalized spacial score (nSPS) is 10.3. The summed E-state index contributed by atoms with van der Waals surface area (Å²) in [7, 11) is 1.57. The number of rotatable bonds is 8. The second kappa shape index (κ2) is 7.71. The summed E-state index contributed by atoms with van der Waals surface area (Å²) < 4.78 is 10.7. The van der Waals surface area contributed by atoms with Gasteiger partial charge in [-0.2, -0.15) is 0 Å². The van der Waals surface area contributed by atoms with Crippen molar-refractivity contribution in [3.8, 4) is 5.75 Å². The summed E-state index contributed by atoms with van der Waals surface area (Å²) in [6.45, 7) is 3.21. The van der Waals surface area contributed by atoms with Crippen molar-refractivity contribution < 1.29 is 19.4 Å². The zero-order valence-electron chi connectivity index (χ0n) is 10.9. The van der Waals surface area contributed by atoms with Crippen molar-refractivity contribution in [3.63, 3.8) is 0 Å². The first-order valence-corrected chi connectivity index (χ1v) is 6.17. The number of hydrogen-bond donors (Lipinski definition) is 1. The van der Waals surface area contributed by atoms with Crippen LogP contribution < -0.4 is 4.74 Å². The van der Waals surface area contributed by atoms with E-state index >= 15 is 0 Å². The largest absolute Gasteiger partial charge is 0.496 e. The Bertz CT molecular complexity index is 387. The van der Waals surface area contributed by atoms with Crippen LogP contribution in [-0.4, -0.2) is 24.8 Å².